The molecule has 0 atom stereocenters. The summed E-state index contributed by atoms with van der Waals surface area (Å²) in [6.07, 6.45) is 0. The molecule has 6 heteroatoms. The van der Waals surface area contributed by atoms with E-state index in [2.05, 4.69) is 68.2 Å². The maximum absolute atomic E-state index is 4.63. The van der Waals surface area contributed by atoms with E-state index in [1.807, 2.05) is 18.2 Å². The van der Waals surface area contributed by atoms with Gasteiger partial charge in [0.25, 0.3) is 0 Å². The van der Waals surface area contributed by atoms with Crippen LogP contribution in [0.25, 0.3) is 45.1 Å². The third-order valence-electron chi connectivity index (χ3n) is 4.35. The summed E-state index contributed by atoms with van der Waals surface area (Å²) in [4.78, 5) is 15.9. The lowest BCUT2D eigenvalue weighted by atomic mass is 10.2. The van der Waals surface area contributed by atoms with Crippen molar-refractivity contribution in [2.24, 2.45) is 0 Å². The summed E-state index contributed by atoms with van der Waals surface area (Å²) in [7, 11) is 0. The van der Waals surface area contributed by atoms with Crippen LogP contribution in [0, 0.1) is 13.8 Å². The van der Waals surface area contributed by atoms with Gasteiger partial charge in [0.1, 0.15) is 11.4 Å². The van der Waals surface area contributed by atoms with Gasteiger partial charge in [0.15, 0.2) is 11.6 Å². The standard InChI is InChI=1S/C19H16N6/c1-10-3-5-12-14(7-10)22-18(20-12)16-9-17(25-24-16)19-21-13-6-4-11(2)8-15(13)23-19/h3-9H,1-2H3,(H,20,22)(H,21,23)(H,24,25). The molecular formula is C19H16N6. The Morgan fingerprint density at radius 2 is 1.32 bits per heavy atom. The minimum absolute atomic E-state index is 0.745. The molecule has 0 spiro atoms. The number of fused-ring (bicyclic) bond motifs is 2. The molecule has 0 saturated carbocycles. The summed E-state index contributed by atoms with van der Waals surface area (Å²) >= 11 is 0. The van der Waals surface area contributed by atoms with Crippen molar-refractivity contribution in [3.05, 3.63) is 53.6 Å². The van der Waals surface area contributed by atoms with E-state index >= 15 is 0 Å². The van der Waals surface area contributed by atoms with Crippen LogP contribution in [0.1, 0.15) is 11.1 Å². The van der Waals surface area contributed by atoms with E-state index in [0.717, 1.165) is 45.1 Å². The molecular weight excluding hydrogens is 312 g/mol. The molecule has 5 aromatic rings. The first-order chi connectivity index (χ1) is 12.2. The lowest BCUT2D eigenvalue weighted by molar-refractivity contribution is 1.07. The molecule has 0 aliphatic carbocycles. The minimum Gasteiger partial charge on any atom is -0.337 e. The van der Waals surface area contributed by atoms with Crippen LogP contribution in [0.3, 0.4) is 0 Å². The average Bonchev–Trinajstić information content (AvgIpc) is 3.30. The first-order valence-electron chi connectivity index (χ1n) is 8.15. The number of H-pyrrole nitrogens is 3. The fourth-order valence-corrected chi connectivity index (χ4v) is 3.06. The molecule has 0 saturated heterocycles. The van der Waals surface area contributed by atoms with Gasteiger partial charge in [-0.2, -0.15) is 5.10 Å². The van der Waals surface area contributed by atoms with Crippen LogP contribution < -0.4 is 0 Å². The highest BCUT2D eigenvalue weighted by Crippen LogP contribution is 2.25. The zero-order chi connectivity index (χ0) is 17.0. The van der Waals surface area contributed by atoms with Crippen LogP contribution in [0.4, 0.5) is 0 Å². The topological polar surface area (TPSA) is 86.0 Å². The van der Waals surface area contributed by atoms with Crippen LogP contribution in [0.15, 0.2) is 42.5 Å². The molecule has 0 bridgehead atoms. The van der Waals surface area contributed by atoms with Gasteiger partial charge in [-0.25, -0.2) is 9.97 Å². The van der Waals surface area contributed by atoms with Gasteiger partial charge in [0.05, 0.1) is 22.1 Å². The van der Waals surface area contributed by atoms with Crippen molar-refractivity contribution in [1.29, 1.82) is 0 Å². The average molecular weight is 328 g/mol. The van der Waals surface area contributed by atoms with Gasteiger partial charge in [0.2, 0.25) is 0 Å². The Morgan fingerprint density at radius 1 is 0.720 bits per heavy atom. The monoisotopic (exact) mass is 328 g/mol. The molecule has 0 unspecified atom stereocenters. The van der Waals surface area contributed by atoms with Crippen molar-refractivity contribution in [2.45, 2.75) is 13.8 Å². The van der Waals surface area contributed by atoms with Gasteiger partial charge < -0.3 is 9.97 Å². The molecule has 0 amide bonds. The SMILES string of the molecule is Cc1ccc2nc(-c3cc(-c4nc5ccc(C)cc5[nH]4)[nH]n3)[nH]c2c1. The lowest BCUT2D eigenvalue weighted by Gasteiger charge is -1.89. The summed E-state index contributed by atoms with van der Waals surface area (Å²) in [6.45, 7) is 4.13. The minimum atomic E-state index is 0.745. The number of hydrogen-bond acceptors (Lipinski definition) is 3. The molecule has 2 aromatic carbocycles. The van der Waals surface area contributed by atoms with Gasteiger partial charge in [-0.15, -0.1) is 0 Å². The first kappa shape index (κ1) is 14.0. The Labute approximate surface area is 143 Å². The number of hydrogen-bond donors (Lipinski definition) is 3. The number of nitrogens with zero attached hydrogens (tertiary/aromatic N) is 3. The predicted octanol–water partition coefficient (Wildman–Crippen LogP) is 4.11. The number of imidazole rings is 2. The molecule has 0 aliphatic heterocycles. The number of benzene rings is 2. The first-order valence-corrected chi connectivity index (χ1v) is 8.15. The summed E-state index contributed by atoms with van der Waals surface area (Å²) in [5.41, 5.74) is 7.90. The highest BCUT2D eigenvalue weighted by Gasteiger charge is 2.13. The van der Waals surface area contributed by atoms with E-state index in [4.69, 9.17) is 0 Å². The Morgan fingerprint density at radius 3 is 2.00 bits per heavy atom. The third-order valence-corrected chi connectivity index (χ3v) is 4.35. The van der Waals surface area contributed by atoms with E-state index in [1.165, 1.54) is 11.1 Å². The third kappa shape index (κ3) is 2.30. The normalized spacial score (nSPS) is 11.6. The van der Waals surface area contributed by atoms with E-state index < -0.39 is 0 Å². The zero-order valence-corrected chi connectivity index (χ0v) is 13.9. The van der Waals surface area contributed by atoms with E-state index in [1.54, 1.807) is 0 Å². The van der Waals surface area contributed by atoms with Crippen molar-refractivity contribution >= 4 is 22.1 Å². The predicted molar refractivity (Wildman–Crippen MR) is 98.2 cm³/mol. The lowest BCUT2D eigenvalue weighted by Crippen LogP contribution is -1.79. The van der Waals surface area contributed by atoms with Crippen molar-refractivity contribution in [3.8, 4) is 23.0 Å². The van der Waals surface area contributed by atoms with Crippen molar-refractivity contribution in [1.82, 2.24) is 30.1 Å². The van der Waals surface area contributed by atoms with Crippen LogP contribution in [0.2, 0.25) is 0 Å². The molecule has 6 nitrogen and oxygen atoms in total. The Kier molecular flexibility index (Phi) is 2.82. The van der Waals surface area contributed by atoms with Crippen LogP contribution >= 0.6 is 0 Å². The Hall–Kier alpha value is -3.41. The summed E-state index contributed by atoms with van der Waals surface area (Å²) in [5.74, 6) is 1.52. The number of aromatic amines is 3. The fraction of sp³-hybridized carbons (Fsp3) is 0.105. The van der Waals surface area contributed by atoms with Gasteiger partial charge in [-0.3, -0.25) is 5.10 Å². The molecule has 122 valence electrons. The van der Waals surface area contributed by atoms with Crippen LogP contribution in [0.5, 0.6) is 0 Å². The smallest absolute Gasteiger partial charge is 0.159 e. The number of aromatic nitrogens is 6. The summed E-state index contributed by atoms with van der Waals surface area (Å²) < 4.78 is 0. The van der Waals surface area contributed by atoms with Gasteiger partial charge in [-0.1, -0.05) is 12.1 Å². The molecule has 3 aromatic heterocycles. The number of nitrogens with one attached hydrogen (secondary N) is 3. The number of aryl methyl sites for hydroxylation is 2. The highest BCUT2D eigenvalue weighted by atomic mass is 15.2. The van der Waals surface area contributed by atoms with Gasteiger partial charge >= 0.3 is 0 Å². The zero-order valence-electron chi connectivity index (χ0n) is 13.9. The fourth-order valence-electron chi connectivity index (χ4n) is 3.06. The van der Waals surface area contributed by atoms with E-state index in [9.17, 15) is 0 Å². The molecule has 5 rings (SSSR count). The Bertz CT molecular complexity index is 1130. The van der Waals surface area contributed by atoms with Gasteiger partial charge in [-0.05, 0) is 55.3 Å². The van der Waals surface area contributed by atoms with E-state index in [-0.39, 0.29) is 0 Å². The second-order valence-corrected chi connectivity index (χ2v) is 6.38. The molecule has 3 heterocycles. The second-order valence-electron chi connectivity index (χ2n) is 6.38. The molecule has 0 aliphatic rings. The van der Waals surface area contributed by atoms with Crippen molar-refractivity contribution in [2.75, 3.05) is 0 Å². The quantitative estimate of drug-likeness (QED) is 0.456. The maximum atomic E-state index is 4.63. The van der Waals surface area contributed by atoms with Crippen molar-refractivity contribution in [3.63, 3.8) is 0 Å². The molecule has 3 N–H and O–H groups in total. The molecule has 0 radical (unpaired) electrons. The summed E-state index contributed by atoms with van der Waals surface area (Å²) in [6, 6.07) is 14.3. The maximum Gasteiger partial charge on any atom is 0.159 e. The summed E-state index contributed by atoms with van der Waals surface area (Å²) in [5, 5.41) is 7.44. The van der Waals surface area contributed by atoms with Crippen LogP contribution in [-0.2, 0) is 0 Å². The second kappa shape index (κ2) is 5.04. The van der Waals surface area contributed by atoms with E-state index in [0.29, 0.717) is 0 Å². The van der Waals surface area contributed by atoms with Gasteiger partial charge in [0, 0.05) is 0 Å². The highest BCUT2D eigenvalue weighted by molar-refractivity contribution is 5.81. The molecule has 0 fully saturated rings. The largest absolute Gasteiger partial charge is 0.337 e. The van der Waals surface area contributed by atoms with Crippen LogP contribution in [-0.4, -0.2) is 30.1 Å². The molecule has 25 heavy (non-hydrogen) atoms. The number of rotatable bonds is 2. The van der Waals surface area contributed by atoms with Crippen molar-refractivity contribution < 1.29 is 0 Å². The Balaban J connectivity index is 1.56.